The number of carbonyl (C=O) groups excluding carboxylic acids is 9. The summed E-state index contributed by atoms with van der Waals surface area (Å²) in [5.74, 6) is -3.57. The van der Waals surface area contributed by atoms with Crippen molar-refractivity contribution in [2.75, 3.05) is 39.5 Å². The van der Waals surface area contributed by atoms with Gasteiger partial charge < -0.3 is 42.0 Å². The van der Waals surface area contributed by atoms with Crippen molar-refractivity contribution < 1.29 is 47.9 Å². The third-order valence-electron chi connectivity index (χ3n) is 9.97. The molecule has 1 aromatic carbocycles. The number of amides is 10. The lowest BCUT2D eigenvalue weighted by atomic mass is 9.98. The zero-order valence-electron chi connectivity index (χ0n) is 36.2. The molecule has 332 valence electrons. The van der Waals surface area contributed by atoms with Crippen molar-refractivity contribution in [1.82, 2.24) is 36.0 Å². The SMILES string of the molecule is CC(C)[C@H](NC(=O)CCCCCN1C(=O)C=CC1=O)C(=O)N[C@@H](CCCNC(N)=O)C(=O)Nc1ccc(COC(=O)N(C)C(C)(C)C(=O)N[C@H](C(=O)N(C)C)C(C)C)cc1. The number of anilines is 1. The number of hydrogen-bond donors (Lipinski definition) is 6. The molecule has 60 heavy (non-hydrogen) atoms. The topological polar surface area (TPSA) is 259 Å². The van der Waals surface area contributed by atoms with Crippen molar-refractivity contribution >= 4 is 59.2 Å². The number of imide groups is 1. The number of carbonyl (C=O) groups is 9. The van der Waals surface area contributed by atoms with Gasteiger partial charge >= 0.3 is 12.1 Å². The molecule has 0 radical (unpaired) electrons. The fourth-order valence-corrected chi connectivity index (χ4v) is 5.86. The number of hydrogen-bond acceptors (Lipinski definition) is 10. The van der Waals surface area contributed by atoms with Gasteiger partial charge in [0.1, 0.15) is 30.3 Å². The van der Waals surface area contributed by atoms with Crippen molar-refractivity contribution in [1.29, 1.82) is 0 Å². The Balaban J connectivity index is 2.00. The van der Waals surface area contributed by atoms with Gasteiger partial charge in [-0.25, -0.2) is 9.59 Å². The van der Waals surface area contributed by atoms with Gasteiger partial charge in [-0.05, 0) is 69.1 Å². The van der Waals surface area contributed by atoms with Crippen LogP contribution in [-0.2, 0) is 44.9 Å². The number of rotatable bonds is 23. The zero-order valence-corrected chi connectivity index (χ0v) is 36.2. The van der Waals surface area contributed by atoms with Crippen LogP contribution in [0.1, 0.15) is 85.6 Å². The number of unbranched alkanes of at least 4 members (excludes halogenated alkanes) is 2. The van der Waals surface area contributed by atoms with Crippen molar-refractivity contribution in [2.45, 2.75) is 110 Å². The lowest BCUT2D eigenvalue weighted by Gasteiger charge is -2.35. The first-order valence-corrected chi connectivity index (χ1v) is 20.1. The van der Waals surface area contributed by atoms with E-state index in [1.165, 1.54) is 37.9 Å². The first-order chi connectivity index (χ1) is 28.1. The first kappa shape index (κ1) is 50.1. The van der Waals surface area contributed by atoms with Gasteiger partial charge in [-0.2, -0.15) is 0 Å². The van der Waals surface area contributed by atoms with Gasteiger partial charge in [0.15, 0.2) is 0 Å². The second-order valence-electron chi connectivity index (χ2n) is 16.0. The van der Waals surface area contributed by atoms with Crippen LogP contribution in [0.15, 0.2) is 36.4 Å². The summed E-state index contributed by atoms with van der Waals surface area (Å²) in [5.41, 5.74) is 4.74. The zero-order chi connectivity index (χ0) is 45.3. The lowest BCUT2D eigenvalue weighted by molar-refractivity contribution is -0.139. The Morgan fingerprint density at radius 3 is 1.93 bits per heavy atom. The number of ether oxygens (including phenoxy) is 1. The van der Waals surface area contributed by atoms with E-state index >= 15 is 0 Å². The van der Waals surface area contributed by atoms with Crippen LogP contribution < -0.4 is 32.3 Å². The Morgan fingerprint density at radius 2 is 1.38 bits per heavy atom. The van der Waals surface area contributed by atoms with E-state index in [9.17, 15) is 43.2 Å². The van der Waals surface area contributed by atoms with Crippen LogP contribution in [0, 0.1) is 11.8 Å². The summed E-state index contributed by atoms with van der Waals surface area (Å²) >= 11 is 0. The largest absolute Gasteiger partial charge is 0.445 e. The molecule has 19 nitrogen and oxygen atoms in total. The van der Waals surface area contributed by atoms with E-state index < -0.39 is 53.5 Å². The third-order valence-corrected chi connectivity index (χ3v) is 9.97. The standard InChI is InChI=1S/C41H63N9O10/c1-25(2)33(46-30(51)15-11-10-12-23-50-31(52)20-21-32(50)53)36(55)45-29(14-13-22-43-39(42)58)35(54)44-28-18-16-27(17-19-28)24-60-40(59)49(9)41(5,6)38(57)47-34(26(3)4)37(56)48(7)8/h16-21,25-26,29,33-34H,10-15,22-24H2,1-9H3,(H,44,54)(H,45,55)(H,46,51)(H,47,57)(H3,42,43,58)/t29-,33-,34-/m0/s1. The van der Waals surface area contributed by atoms with Gasteiger partial charge in [0, 0.05) is 58.5 Å². The molecular weight excluding hydrogens is 779 g/mol. The minimum absolute atomic E-state index is 0.111. The summed E-state index contributed by atoms with van der Waals surface area (Å²) in [4.78, 5) is 117. The third kappa shape index (κ3) is 15.6. The molecule has 7 N–H and O–H groups in total. The minimum atomic E-state index is -1.37. The molecule has 1 aliphatic rings. The first-order valence-electron chi connectivity index (χ1n) is 20.1. The van der Waals surface area contributed by atoms with Crippen LogP contribution in [0.2, 0.25) is 0 Å². The van der Waals surface area contributed by atoms with E-state index in [0.29, 0.717) is 30.5 Å². The minimum Gasteiger partial charge on any atom is -0.445 e. The molecule has 10 amide bonds. The Hall–Kier alpha value is -6.01. The molecular formula is C41H63N9O10. The highest BCUT2D eigenvalue weighted by Crippen LogP contribution is 2.18. The number of nitrogens with two attached hydrogens (primary N) is 1. The molecule has 0 unspecified atom stereocenters. The highest BCUT2D eigenvalue weighted by Gasteiger charge is 2.39. The Kier molecular flexibility index (Phi) is 19.7. The number of nitrogens with zero attached hydrogens (tertiary/aromatic N) is 3. The molecule has 3 atom stereocenters. The summed E-state index contributed by atoms with van der Waals surface area (Å²) < 4.78 is 5.47. The molecule has 0 aromatic heterocycles. The van der Waals surface area contributed by atoms with Crippen LogP contribution in [0.5, 0.6) is 0 Å². The lowest BCUT2D eigenvalue weighted by Crippen LogP contribution is -2.60. The van der Waals surface area contributed by atoms with Gasteiger partial charge in [-0.1, -0.05) is 46.2 Å². The number of primary amides is 1. The van der Waals surface area contributed by atoms with Crippen molar-refractivity contribution in [3.05, 3.63) is 42.0 Å². The molecule has 0 spiro atoms. The van der Waals surface area contributed by atoms with Gasteiger partial charge in [-0.3, -0.25) is 43.4 Å². The van der Waals surface area contributed by atoms with Crippen molar-refractivity contribution in [3.8, 4) is 0 Å². The van der Waals surface area contributed by atoms with E-state index in [1.54, 1.807) is 52.2 Å². The second kappa shape index (κ2) is 23.5. The molecule has 19 heteroatoms. The Bertz CT molecular complexity index is 1730. The fraction of sp³-hybridized carbons (Fsp3) is 0.585. The average molecular weight is 842 g/mol. The average Bonchev–Trinajstić information content (AvgIpc) is 3.50. The molecule has 1 aromatic rings. The molecule has 0 aliphatic carbocycles. The number of urea groups is 1. The maximum atomic E-state index is 13.5. The van der Waals surface area contributed by atoms with Gasteiger partial charge in [0.2, 0.25) is 29.5 Å². The summed E-state index contributed by atoms with van der Waals surface area (Å²) in [6.07, 6.45) is 3.74. The highest BCUT2D eigenvalue weighted by molar-refractivity contribution is 6.12. The van der Waals surface area contributed by atoms with E-state index in [2.05, 4.69) is 26.6 Å². The summed E-state index contributed by atoms with van der Waals surface area (Å²) in [7, 11) is 4.61. The number of benzene rings is 1. The molecule has 2 rings (SSSR count). The fourth-order valence-electron chi connectivity index (χ4n) is 5.86. The van der Waals surface area contributed by atoms with Crippen molar-refractivity contribution in [3.63, 3.8) is 0 Å². The summed E-state index contributed by atoms with van der Waals surface area (Å²) in [6, 6.07) is 2.86. The summed E-state index contributed by atoms with van der Waals surface area (Å²) in [5, 5.41) is 13.4. The van der Waals surface area contributed by atoms with E-state index in [0.717, 1.165) is 9.80 Å². The van der Waals surface area contributed by atoms with Crippen LogP contribution in [0.4, 0.5) is 15.3 Å². The Morgan fingerprint density at radius 1 is 0.783 bits per heavy atom. The van der Waals surface area contributed by atoms with Gasteiger partial charge in [-0.15, -0.1) is 0 Å². The van der Waals surface area contributed by atoms with Crippen molar-refractivity contribution in [2.24, 2.45) is 17.6 Å². The maximum Gasteiger partial charge on any atom is 0.410 e. The van der Waals surface area contributed by atoms with E-state index in [4.69, 9.17) is 10.5 Å². The van der Waals surface area contributed by atoms with E-state index in [1.807, 2.05) is 13.8 Å². The summed E-state index contributed by atoms with van der Waals surface area (Å²) in [6.45, 7) is 10.4. The predicted octanol–water partition coefficient (Wildman–Crippen LogP) is 1.76. The quantitative estimate of drug-likeness (QED) is 0.0688. The molecule has 0 saturated heterocycles. The van der Waals surface area contributed by atoms with E-state index in [-0.39, 0.29) is 74.4 Å². The number of likely N-dealkylation sites (N-methyl/N-ethyl adjacent to an activating group) is 2. The molecule has 0 fully saturated rings. The van der Waals surface area contributed by atoms with Crippen LogP contribution in [0.3, 0.4) is 0 Å². The van der Waals surface area contributed by atoms with Crippen LogP contribution in [0.25, 0.3) is 0 Å². The smallest absolute Gasteiger partial charge is 0.410 e. The normalized spacial score (nSPS) is 13.9. The highest BCUT2D eigenvalue weighted by atomic mass is 16.6. The predicted molar refractivity (Wildman–Crippen MR) is 222 cm³/mol. The Labute approximate surface area is 351 Å². The van der Waals surface area contributed by atoms with Gasteiger partial charge in [0.05, 0.1) is 0 Å². The monoisotopic (exact) mass is 841 g/mol. The molecule has 0 saturated carbocycles. The molecule has 0 bridgehead atoms. The maximum absolute atomic E-state index is 13.5. The second-order valence-corrected chi connectivity index (χ2v) is 16.0. The van der Waals surface area contributed by atoms with Crippen LogP contribution in [-0.4, -0.2) is 126 Å². The van der Waals surface area contributed by atoms with Gasteiger partial charge in [0.25, 0.3) is 11.8 Å². The molecule has 1 heterocycles. The molecule has 1 aliphatic heterocycles. The number of nitrogens with one attached hydrogen (secondary N) is 5. The van der Waals surface area contributed by atoms with Crippen LogP contribution >= 0.6 is 0 Å².